The minimum Gasteiger partial charge on any atom is -0.316 e. The average molecular weight is 481 g/mol. The lowest BCUT2D eigenvalue weighted by Crippen LogP contribution is -2.40. The van der Waals surface area contributed by atoms with Crippen molar-refractivity contribution in [2.24, 2.45) is 21.7 Å². The van der Waals surface area contributed by atoms with E-state index < -0.39 is 0 Å². The third kappa shape index (κ3) is 15.9. The van der Waals surface area contributed by atoms with Gasteiger partial charge in [-0.25, -0.2) is 0 Å². The highest BCUT2D eigenvalue weighted by Gasteiger charge is 2.31. The van der Waals surface area contributed by atoms with Crippen molar-refractivity contribution in [1.29, 1.82) is 0 Å². The van der Waals surface area contributed by atoms with Crippen LogP contribution in [0.15, 0.2) is 0 Å². The molecule has 0 fully saturated rings. The molecule has 0 aromatic heterocycles. The molecule has 1 N–H and O–H groups in total. The van der Waals surface area contributed by atoms with Crippen LogP contribution in [0.5, 0.6) is 0 Å². The Labute approximate surface area is 197 Å². The molecule has 0 bridgehead atoms. The van der Waals surface area contributed by atoms with E-state index in [-0.39, 0.29) is 5.41 Å². The van der Waals surface area contributed by atoms with E-state index in [2.05, 4.69) is 117 Å². The van der Waals surface area contributed by atoms with E-state index >= 15 is 0 Å². The Morgan fingerprint density at radius 3 is 1.37 bits per heavy atom. The van der Waals surface area contributed by atoms with Crippen LogP contribution in [-0.2, 0) is 0 Å². The van der Waals surface area contributed by atoms with E-state index in [1.54, 1.807) is 0 Å². The Morgan fingerprint density at radius 1 is 0.633 bits per heavy atom. The van der Waals surface area contributed by atoms with E-state index in [4.69, 9.17) is 0 Å². The van der Waals surface area contributed by atoms with Crippen LogP contribution >= 0.6 is 28.2 Å². The van der Waals surface area contributed by atoms with Crippen molar-refractivity contribution in [2.45, 2.75) is 75.2 Å². The Hall–Kier alpha value is 1.13. The maximum Gasteiger partial charge on any atom is 0.0148 e. The topological polar surface area (TPSA) is 21.8 Å². The van der Waals surface area contributed by atoms with Gasteiger partial charge < -0.3 is 5.32 Å². The quantitative estimate of drug-likeness (QED) is 0.299. The van der Waals surface area contributed by atoms with Crippen molar-refractivity contribution in [1.82, 2.24) is 19.3 Å². The summed E-state index contributed by atoms with van der Waals surface area (Å²) in [7, 11) is 10.9. The van der Waals surface area contributed by atoms with Crippen molar-refractivity contribution in [3.63, 3.8) is 0 Å². The summed E-state index contributed by atoms with van der Waals surface area (Å²) in [6.45, 7) is 28.9. The van der Waals surface area contributed by atoms with E-state index in [1.165, 1.54) is 12.8 Å². The molecule has 0 aliphatic rings. The van der Waals surface area contributed by atoms with Crippen LogP contribution in [0.1, 0.15) is 75.2 Å². The summed E-state index contributed by atoms with van der Waals surface area (Å²) in [5.41, 5.74) is 1.20. The lowest BCUT2D eigenvalue weighted by molar-refractivity contribution is 0.141. The molecule has 0 rings (SSSR count). The largest absolute Gasteiger partial charge is 0.316 e. The normalized spacial score (nSPS) is 14.4. The number of rotatable bonds is 16. The van der Waals surface area contributed by atoms with Crippen molar-refractivity contribution in [3.05, 3.63) is 0 Å². The summed E-state index contributed by atoms with van der Waals surface area (Å²) >= 11 is 0. The maximum absolute atomic E-state index is 3.52. The number of nitrogens with zero attached hydrogens (tertiary/aromatic N) is 3. The summed E-state index contributed by atoms with van der Waals surface area (Å²) in [5.74, 6) is 0. The van der Waals surface area contributed by atoms with Gasteiger partial charge in [0.15, 0.2) is 0 Å². The van der Waals surface area contributed by atoms with E-state index in [0.717, 1.165) is 45.8 Å². The Balaban J connectivity index is 4.53. The molecule has 30 heavy (non-hydrogen) atoms. The monoisotopic (exact) mass is 480 g/mol. The van der Waals surface area contributed by atoms with Gasteiger partial charge in [-0.3, -0.25) is 14.0 Å². The third-order valence-electron chi connectivity index (χ3n) is 5.38. The molecule has 0 saturated carbocycles. The molecule has 0 saturated heterocycles. The molecule has 0 aliphatic carbocycles. The van der Waals surface area contributed by atoms with Gasteiger partial charge in [-0.15, -0.1) is 0 Å². The Morgan fingerprint density at radius 2 is 1.00 bits per heavy atom. The van der Waals surface area contributed by atoms with Crippen LogP contribution in [0.4, 0.5) is 0 Å². The molecule has 0 radical (unpaired) electrons. The lowest BCUT2D eigenvalue weighted by atomic mass is 9.74. The first-order chi connectivity index (χ1) is 13.4. The van der Waals surface area contributed by atoms with Crippen LogP contribution in [-0.4, -0.2) is 66.9 Å². The Kier molecular flexibility index (Phi) is 13.6. The van der Waals surface area contributed by atoms with Gasteiger partial charge in [0.1, 0.15) is 0 Å². The second kappa shape index (κ2) is 13.1. The smallest absolute Gasteiger partial charge is 0.0148 e. The van der Waals surface area contributed by atoms with Crippen molar-refractivity contribution < 1.29 is 0 Å². The number of nitrogens with one attached hydrogen (secondary N) is 1. The fourth-order valence-corrected chi connectivity index (χ4v) is 7.19. The van der Waals surface area contributed by atoms with Crippen LogP contribution in [0.2, 0.25) is 0 Å². The highest BCUT2D eigenvalue weighted by atomic mass is 31.0. The van der Waals surface area contributed by atoms with Gasteiger partial charge in [-0.1, -0.05) is 90.5 Å². The first-order valence-electron chi connectivity index (χ1n) is 11.5. The predicted octanol–water partition coefficient (Wildman–Crippen LogP) is 5.39. The van der Waals surface area contributed by atoms with E-state index in [1.807, 2.05) is 0 Å². The van der Waals surface area contributed by atoms with E-state index in [0.29, 0.717) is 16.2 Å². The molecule has 0 spiro atoms. The van der Waals surface area contributed by atoms with Gasteiger partial charge in [0, 0.05) is 39.3 Å². The number of hydrogen-bond donors (Lipinski definition) is 1. The minimum absolute atomic E-state index is 0.285. The van der Waals surface area contributed by atoms with Crippen LogP contribution < -0.4 is 5.32 Å². The zero-order valence-corrected chi connectivity index (χ0v) is 25.4. The van der Waals surface area contributed by atoms with Crippen molar-refractivity contribution >= 4 is 28.2 Å². The molecule has 0 aromatic rings. The summed E-state index contributed by atoms with van der Waals surface area (Å²) in [5, 5.41) is 3.52. The van der Waals surface area contributed by atoms with Crippen molar-refractivity contribution in [3.8, 4) is 0 Å². The molecule has 3 unspecified atom stereocenters. The fourth-order valence-electron chi connectivity index (χ4n) is 5.47. The Bertz CT molecular complexity index is 479. The summed E-state index contributed by atoms with van der Waals surface area (Å²) < 4.78 is 7.09. The molecule has 3 atom stereocenters. The highest BCUT2D eigenvalue weighted by molar-refractivity contribution is 7.13. The number of hydrogen-bond acceptors (Lipinski definition) is 4. The van der Waals surface area contributed by atoms with Gasteiger partial charge in [-0.2, -0.15) is 0 Å². The second-order valence-corrected chi connectivity index (χ2v) is 15.0. The molecule has 0 aliphatic heterocycles. The van der Waals surface area contributed by atoms with Gasteiger partial charge in [-0.05, 0) is 48.1 Å². The first kappa shape index (κ1) is 31.1. The standard InChI is InChI=1S/C23H55N4P3/c1-11-24-16-20(2,3)14-22(6,7)18-26(29)12-13-27(30)19-23(8,9)15-21(4,5)17-25(10)28/h24H,11-19,28-30H2,1-10H3. The molecule has 182 valence electrons. The van der Waals surface area contributed by atoms with Gasteiger partial charge >= 0.3 is 0 Å². The molecule has 0 aromatic carbocycles. The zero-order valence-electron chi connectivity index (χ0n) is 21.9. The minimum atomic E-state index is 0.285. The lowest BCUT2D eigenvalue weighted by Gasteiger charge is -2.39. The first-order valence-corrected chi connectivity index (χ1v) is 13.1. The molecule has 0 amide bonds. The van der Waals surface area contributed by atoms with Gasteiger partial charge in [0.25, 0.3) is 0 Å². The molecule has 7 heteroatoms. The summed E-state index contributed by atoms with van der Waals surface area (Å²) in [6.07, 6.45) is 2.43. The van der Waals surface area contributed by atoms with Gasteiger partial charge in [0.05, 0.1) is 0 Å². The van der Waals surface area contributed by atoms with Crippen LogP contribution in [0, 0.1) is 21.7 Å². The summed E-state index contributed by atoms with van der Waals surface area (Å²) in [4.78, 5) is 0. The highest BCUT2D eigenvalue weighted by Crippen LogP contribution is 2.36. The molecular formula is C23H55N4P3. The van der Waals surface area contributed by atoms with Crippen molar-refractivity contribution in [2.75, 3.05) is 52.9 Å². The summed E-state index contributed by atoms with van der Waals surface area (Å²) in [6, 6.07) is 0. The fraction of sp³-hybridized carbons (Fsp3) is 1.00. The maximum atomic E-state index is 3.52. The molecular weight excluding hydrogens is 425 g/mol. The molecule has 4 nitrogen and oxygen atoms in total. The van der Waals surface area contributed by atoms with Crippen LogP contribution in [0.3, 0.4) is 0 Å². The predicted molar refractivity (Wildman–Crippen MR) is 148 cm³/mol. The van der Waals surface area contributed by atoms with Gasteiger partial charge in [0.2, 0.25) is 0 Å². The SMILES string of the molecule is CCNCC(C)(C)CC(C)(C)CN(P)CCN(P)CC(C)(C)CC(C)(C)CN(C)P. The third-order valence-corrected chi connectivity index (χ3v) is 6.45. The second-order valence-electron chi connectivity index (χ2n) is 12.6. The molecule has 0 heterocycles. The zero-order chi connectivity index (χ0) is 23.8. The van der Waals surface area contributed by atoms with E-state index in [9.17, 15) is 0 Å². The average Bonchev–Trinajstić information content (AvgIpc) is 2.46. The van der Waals surface area contributed by atoms with Crippen LogP contribution in [0.25, 0.3) is 0 Å².